The molecular weight excluding hydrogens is 127 g/mol. The van der Waals surface area contributed by atoms with E-state index in [1.54, 1.807) is 0 Å². The van der Waals surface area contributed by atoms with Crippen LogP contribution in [0.3, 0.4) is 0 Å². The quantitative estimate of drug-likeness (QED) is 0.577. The average molecular weight is 130 g/mol. The third-order valence-electron chi connectivity index (χ3n) is 0.687. The number of rotatable bonds is 1. The summed E-state index contributed by atoms with van der Waals surface area (Å²) in [6.07, 6.45) is 0.708. The molecule has 1 heterocycles. The molecule has 0 radical (unpaired) electrons. The standard InChI is InChI=1S/C4H3FN2O2/c5-2-1-9-4(7-2)3(6)8/h1H,(H2,6,8). The predicted octanol–water partition coefficient (Wildman–Crippen LogP) is -0.0874. The van der Waals surface area contributed by atoms with E-state index in [0.717, 1.165) is 0 Å². The molecule has 48 valence electrons. The highest BCUT2D eigenvalue weighted by molar-refractivity contribution is 5.87. The molecule has 0 unspecified atom stereocenters. The van der Waals surface area contributed by atoms with E-state index >= 15 is 0 Å². The van der Waals surface area contributed by atoms with E-state index in [4.69, 9.17) is 0 Å². The fraction of sp³-hybridized carbons (Fsp3) is 0. The van der Waals surface area contributed by atoms with Crippen molar-refractivity contribution in [3.63, 3.8) is 0 Å². The Balaban J connectivity index is 2.98. The molecule has 0 atom stereocenters. The molecule has 0 saturated carbocycles. The molecule has 0 spiro atoms. The Morgan fingerprint density at radius 3 is 2.78 bits per heavy atom. The number of nitrogens with zero attached hydrogens (tertiary/aromatic N) is 1. The summed E-state index contributed by atoms with van der Waals surface area (Å²) in [5.41, 5.74) is 4.67. The van der Waals surface area contributed by atoms with Gasteiger partial charge in [0.15, 0.2) is 0 Å². The number of amides is 1. The summed E-state index contributed by atoms with van der Waals surface area (Å²) in [6.45, 7) is 0. The van der Waals surface area contributed by atoms with E-state index in [-0.39, 0.29) is 0 Å². The SMILES string of the molecule is NC(=O)c1nc(F)co1. The topological polar surface area (TPSA) is 69.1 Å². The van der Waals surface area contributed by atoms with Crippen LogP contribution in [0.1, 0.15) is 10.7 Å². The molecule has 0 bridgehead atoms. The fourth-order valence-corrected chi connectivity index (χ4v) is 0.367. The zero-order chi connectivity index (χ0) is 6.85. The number of carbonyl (C=O) groups is 1. The summed E-state index contributed by atoms with van der Waals surface area (Å²) in [4.78, 5) is 13.1. The molecule has 5 heteroatoms. The van der Waals surface area contributed by atoms with Crippen LogP contribution in [0.15, 0.2) is 10.7 Å². The number of oxazole rings is 1. The van der Waals surface area contributed by atoms with Crippen molar-refractivity contribution in [2.45, 2.75) is 0 Å². The fourth-order valence-electron chi connectivity index (χ4n) is 0.367. The molecule has 0 saturated heterocycles. The minimum absolute atomic E-state index is 0.410. The Morgan fingerprint density at radius 2 is 2.56 bits per heavy atom. The van der Waals surface area contributed by atoms with Crippen LogP contribution < -0.4 is 5.73 Å². The minimum Gasteiger partial charge on any atom is -0.438 e. The van der Waals surface area contributed by atoms with Gasteiger partial charge in [-0.1, -0.05) is 0 Å². The van der Waals surface area contributed by atoms with E-state index in [1.807, 2.05) is 0 Å². The first-order chi connectivity index (χ1) is 4.20. The van der Waals surface area contributed by atoms with Gasteiger partial charge in [-0.3, -0.25) is 4.79 Å². The second kappa shape index (κ2) is 1.85. The smallest absolute Gasteiger partial charge is 0.304 e. The van der Waals surface area contributed by atoms with Crippen LogP contribution in [-0.4, -0.2) is 10.9 Å². The first kappa shape index (κ1) is 5.74. The van der Waals surface area contributed by atoms with Crippen molar-refractivity contribution in [3.8, 4) is 0 Å². The lowest BCUT2D eigenvalue weighted by atomic mass is 10.6. The van der Waals surface area contributed by atoms with Gasteiger partial charge in [0.2, 0.25) is 0 Å². The van der Waals surface area contributed by atoms with Crippen molar-refractivity contribution in [1.82, 2.24) is 4.98 Å². The van der Waals surface area contributed by atoms with Crippen molar-refractivity contribution in [1.29, 1.82) is 0 Å². The van der Waals surface area contributed by atoms with Crippen LogP contribution in [0.2, 0.25) is 0 Å². The lowest BCUT2D eigenvalue weighted by molar-refractivity contribution is 0.0967. The van der Waals surface area contributed by atoms with Gasteiger partial charge in [-0.15, -0.1) is 0 Å². The van der Waals surface area contributed by atoms with Crippen molar-refractivity contribution in [2.75, 3.05) is 0 Å². The van der Waals surface area contributed by atoms with Crippen LogP contribution in [0.4, 0.5) is 4.39 Å². The maximum Gasteiger partial charge on any atom is 0.304 e. The van der Waals surface area contributed by atoms with E-state index < -0.39 is 17.7 Å². The zero-order valence-electron chi connectivity index (χ0n) is 4.30. The van der Waals surface area contributed by atoms with E-state index in [9.17, 15) is 9.18 Å². The third kappa shape index (κ3) is 1.04. The number of carbonyl (C=O) groups excluding carboxylic acids is 1. The molecule has 0 aromatic carbocycles. The monoisotopic (exact) mass is 130 g/mol. The van der Waals surface area contributed by atoms with Gasteiger partial charge < -0.3 is 10.2 Å². The summed E-state index contributed by atoms with van der Waals surface area (Å²) in [5, 5.41) is 0. The Labute approximate surface area is 49.5 Å². The van der Waals surface area contributed by atoms with Gasteiger partial charge in [-0.2, -0.15) is 9.37 Å². The number of aromatic nitrogens is 1. The van der Waals surface area contributed by atoms with Crippen LogP contribution in [0.25, 0.3) is 0 Å². The molecule has 4 nitrogen and oxygen atoms in total. The predicted molar refractivity (Wildman–Crippen MR) is 25.0 cm³/mol. The molecule has 0 aliphatic rings. The third-order valence-corrected chi connectivity index (χ3v) is 0.687. The van der Waals surface area contributed by atoms with E-state index in [2.05, 4.69) is 15.1 Å². The zero-order valence-corrected chi connectivity index (χ0v) is 4.30. The first-order valence-electron chi connectivity index (χ1n) is 2.11. The normalized spacial score (nSPS) is 9.44. The van der Waals surface area contributed by atoms with Gasteiger partial charge in [0.25, 0.3) is 11.8 Å². The summed E-state index contributed by atoms with van der Waals surface area (Å²) in [6, 6.07) is 0. The Morgan fingerprint density at radius 1 is 1.89 bits per heavy atom. The largest absolute Gasteiger partial charge is 0.438 e. The number of nitrogens with two attached hydrogens (primary N) is 1. The van der Waals surface area contributed by atoms with Gasteiger partial charge in [-0.25, -0.2) is 0 Å². The molecule has 1 amide bonds. The van der Waals surface area contributed by atoms with Crippen LogP contribution in [-0.2, 0) is 0 Å². The van der Waals surface area contributed by atoms with E-state index in [0.29, 0.717) is 6.26 Å². The van der Waals surface area contributed by atoms with Crippen molar-refractivity contribution >= 4 is 5.91 Å². The molecule has 1 rings (SSSR count). The average Bonchev–Trinajstić information content (AvgIpc) is 2.14. The summed E-state index contributed by atoms with van der Waals surface area (Å²) >= 11 is 0. The van der Waals surface area contributed by atoms with Crippen LogP contribution in [0.5, 0.6) is 0 Å². The Kier molecular flexibility index (Phi) is 1.18. The molecule has 1 aromatic rings. The number of hydrogen-bond donors (Lipinski definition) is 1. The lowest BCUT2D eigenvalue weighted by Crippen LogP contribution is -2.11. The molecule has 0 fully saturated rings. The highest BCUT2D eigenvalue weighted by Crippen LogP contribution is 1.96. The summed E-state index contributed by atoms with van der Waals surface area (Å²) < 4.78 is 16.1. The van der Waals surface area contributed by atoms with E-state index in [1.165, 1.54) is 0 Å². The number of halogens is 1. The van der Waals surface area contributed by atoms with Crippen molar-refractivity contribution in [3.05, 3.63) is 18.1 Å². The molecule has 9 heavy (non-hydrogen) atoms. The van der Waals surface area contributed by atoms with Crippen molar-refractivity contribution in [2.24, 2.45) is 5.73 Å². The van der Waals surface area contributed by atoms with Gasteiger partial charge in [-0.05, 0) is 0 Å². The first-order valence-corrected chi connectivity index (χ1v) is 2.11. The molecular formula is C4H3FN2O2. The van der Waals surface area contributed by atoms with Crippen molar-refractivity contribution < 1.29 is 13.6 Å². The molecule has 0 aliphatic carbocycles. The highest BCUT2D eigenvalue weighted by Gasteiger charge is 2.07. The minimum atomic E-state index is -0.876. The van der Waals surface area contributed by atoms with Gasteiger partial charge in [0, 0.05) is 0 Å². The molecule has 0 aliphatic heterocycles. The second-order valence-corrected chi connectivity index (χ2v) is 1.34. The molecule has 2 N–H and O–H groups in total. The summed E-state index contributed by atoms with van der Waals surface area (Å²) in [7, 11) is 0. The van der Waals surface area contributed by atoms with Gasteiger partial charge in [0.05, 0.1) is 0 Å². The maximum absolute atomic E-state index is 11.9. The highest BCUT2D eigenvalue weighted by atomic mass is 19.1. The second-order valence-electron chi connectivity index (χ2n) is 1.34. The van der Waals surface area contributed by atoms with Gasteiger partial charge in [0.1, 0.15) is 6.26 Å². The van der Waals surface area contributed by atoms with Gasteiger partial charge >= 0.3 is 5.91 Å². The Hall–Kier alpha value is -1.39. The number of hydrogen-bond acceptors (Lipinski definition) is 3. The summed E-state index contributed by atoms with van der Waals surface area (Å²) in [5.74, 6) is -2.13. The van der Waals surface area contributed by atoms with Crippen LogP contribution in [0, 0.1) is 5.95 Å². The number of primary amides is 1. The van der Waals surface area contributed by atoms with Crippen LogP contribution >= 0.6 is 0 Å². The lowest BCUT2D eigenvalue weighted by Gasteiger charge is -1.78. The Bertz CT molecular complexity index is 232. The molecule has 1 aromatic heterocycles. The maximum atomic E-state index is 11.9.